The van der Waals surface area contributed by atoms with E-state index in [2.05, 4.69) is 16.3 Å². The summed E-state index contributed by atoms with van der Waals surface area (Å²) < 4.78 is 1.92. The average Bonchev–Trinajstić information content (AvgIpc) is 3.28. The second-order valence-corrected chi connectivity index (χ2v) is 8.44. The number of hydrogen-bond acceptors (Lipinski definition) is 5. The van der Waals surface area contributed by atoms with Crippen LogP contribution in [0.15, 0.2) is 90.1 Å². The molecule has 1 heterocycles. The van der Waals surface area contributed by atoms with E-state index in [1.807, 2.05) is 89.5 Å². The van der Waals surface area contributed by atoms with Gasteiger partial charge in [0.1, 0.15) is 0 Å². The van der Waals surface area contributed by atoms with Gasteiger partial charge in [0.15, 0.2) is 11.0 Å². The van der Waals surface area contributed by atoms with Gasteiger partial charge in [0.05, 0.1) is 18.2 Å². The van der Waals surface area contributed by atoms with Gasteiger partial charge in [0.2, 0.25) is 5.91 Å². The second-order valence-electron chi connectivity index (χ2n) is 7.06. The van der Waals surface area contributed by atoms with Crippen LogP contribution in [-0.4, -0.2) is 33.0 Å². The van der Waals surface area contributed by atoms with E-state index < -0.39 is 0 Å². The number of rotatable bonds is 8. The van der Waals surface area contributed by atoms with E-state index in [9.17, 15) is 4.79 Å². The van der Waals surface area contributed by atoms with Crippen molar-refractivity contribution in [3.8, 4) is 23.1 Å². The van der Waals surface area contributed by atoms with Gasteiger partial charge in [-0.2, -0.15) is 5.26 Å². The third-order valence-corrected chi connectivity index (χ3v) is 6.06. The van der Waals surface area contributed by atoms with Crippen molar-refractivity contribution in [3.05, 3.63) is 90.0 Å². The predicted octanol–water partition coefficient (Wildman–Crippen LogP) is 5.63. The van der Waals surface area contributed by atoms with E-state index in [0.29, 0.717) is 22.5 Å². The van der Waals surface area contributed by atoms with E-state index in [0.717, 1.165) is 16.9 Å². The summed E-state index contributed by atoms with van der Waals surface area (Å²) in [7, 11) is 0. The number of carbonyl (C=O) groups is 1. The van der Waals surface area contributed by atoms with Crippen molar-refractivity contribution in [2.75, 3.05) is 17.2 Å². The molecule has 0 aliphatic carbocycles. The minimum Gasteiger partial charge on any atom is -0.311 e. The molecular weight excluding hydrogens is 454 g/mol. The molecule has 0 saturated carbocycles. The molecule has 0 aliphatic rings. The largest absolute Gasteiger partial charge is 0.311 e. The number of aromatic nitrogens is 3. The molecule has 4 rings (SSSR count). The van der Waals surface area contributed by atoms with Crippen LogP contribution in [0.3, 0.4) is 0 Å². The van der Waals surface area contributed by atoms with Crippen LogP contribution in [-0.2, 0) is 4.79 Å². The number of hydrogen-bond donors (Lipinski definition) is 0. The summed E-state index contributed by atoms with van der Waals surface area (Å²) in [6.45, 7) is 0.332. The molecule has 0 spiro atoms. The van der Waals surface area contributed by atoms with Crippen LogP contribution in [0.5, 0.6) is 0 Å². The fourth-order valence-electron chi connectivity index (χ4n) is 3.33. The molecule has 8 heteroatoms. The Morgan fingerprint density at radius 3 is 2.30 bits per heavy atom. The van der Waals surface area contributed by atoms with E-state index in [4.69, 9.17) is 16.9 Å². The summed E-state index contributed by atoms with van der Waals surface area (Å²) in [6.07, 6.45) is 0.254. The third kappa shape index (κ3) is 5.43. The Bertz CT molecular complexity index is 1250. The van der Waals surface area contributed by atoms with Crippen LogP contribution in [0.1, 0.15) is 6.42 Å². The van der Waals surface area contributed by atoms with Crippen molar-refractivity contribution in [2.24, 2.45) is 0 Å². The van der Waals surface area contributed by atoms with E-state index >= 15 is 0 Å². The van der Waals surface area contributed by atoms with Crippen LogP contribution >= 0.6 is 23.4 Å². The first-order valence-corrected chi connectivity index (χ1v) is 11.7. The fraction of sp³-hybridized carbons (Fsp3) is 0.120. The van der Waals surface area contributed by atoms with Crippen molar-refractivity contribution in [2.45, 2.75) is 11.6 Å². The van der Waals surface area contributed by atoms with E-state index in [-0.39, 0.29) is 18.1 Å². The van der Waals surface area contributed by atoms with Crippen LogP contribution in [0.4, 0.5) is 5.69 Å². The summed E-state index contributed by atoms with van der Waals surface area (Å²) in [5.74, 6) is 0.728. The van der Waals surface area contributed by atoms with Gasteiger partial charge in [0.25, 0.3) is 0 Å². The number of benzene rings is 3. The number of amides is 1. The molecule has 4 aromatic rings. The Morgan fingerprint density at radius 2 is 1.64 bits per heavy atom. The third-order valence-electron chi connectivity index (χ3n) is 4.89. The topological polar surface area (TPSA) is 74.8 Å². The molecular formula is C25H20ClN5OS. The minimum atomic E-state index is -0.103. The Kier molecular flexibility index (Phi) is 7.40. The summed E-state index contributed by atoms with van der Waals surface area (Å²) >= 11 is 7.40. The lowest BCUT2D eigenvalue weighted by Crippen LogP contribution is -2.33. The van der Waals surface area contributed by atoms with Crippen LogP contribution in [0.2, 0.25) is 5.02 Å². The standard InChI is InChI=1S/C25H20ClN5OS/c26-20-12-14-22(15-13-20)31-24(19-8-3-1-4-9-19)28-29-25(31)33-18-23(32)30(17-7-16-27)21-10-5-2-6-11-21/h1-6,8-15H,7,17-18H2. The highest BCUT2D eigenvalue weighted by Gasteiger charge is 2.20. The highest BCUT2D eigenvalue weighted by molar-refractivity contribution is 7.99. The van der Waals surface area contributed by atoms with Gasteiger partial charge in [-0.1, -0.05) is 71.9 Å². The monoisotopic (exact) mass is 473 g/mol. The number of nitrogens with zero attached hydrogens (tertiary/aromatic N) is 5. The molecule has 0 N–H and O–H groups in total. The maximum absolute atomic E-state index is 13.1. The first-order chi connectivity index (χ1) is 16.2. The molecule has 3 aromatic carbocycles. The highest BCUT2D eigenvalue weighted by Crippen LogP contribution is 2.29. The minimum absolute atomic E-state index is 0.103. The molecule has 6 nitrogen and oxygen atoms in total. The quantitative estimate of drug-likeness (QED) is 0.310. The molecule has 0 atom stereocenters. The number of para-hydroxylation sites is 1. The van der Waals surface area contributed by atoms with Crippen molar-refractivity contribution in [1.29, 1.82) is 5.26 Å². The average molecular weight is 474 g/mol. The Balaban J connectivity index is 1.62. The van der Waals surface area contributed by atoms with E-state index in [1.54, 1.807) is 4.90 Å². The lowest BCUT2D eigenvalue weighted by atomic mass is 10.2. The zero-order valence-corrected chi connectivity index (χ0v) is 19.2. The summed E-state index contributed by atoms with van der Waals surface area (Å²) in [6, 6.07) is 28.7. The molecule has 0 unspecified atom stereocenters. The maximum atomic E-state index is 13.1. The molecule has 1 amide bonds. The number of anilines is 1. The van der Waals surface area contributed by atoms with E-state index in [1.165, 1.54) is 11.8 Å². The van der Waals surface area contributed by atoms with Crippen molar-refractivity contribution in [1.82, 2.24) is 14.8 Å². The van der Waals surface area contributed by atoms with Gasteiger partial charge in [-0.3, -0.25) is 9.36 Å². The molecule has 0 aliphatic heterocycles. The highest BCUT2D eigenvalue weighted by atomic mass is 35.5. The smallest absolute Gasteiger partial charge is 0.237 e. The fourth-order valence-corrected chi connectivity index (χ4v) is 4.29. The normalized spacial score (nSPS) is 10.5. The molecule has 33 heavy (non-hydrogen) atoms. The van der Waals surface area contributed by atoms with Gasteiger partial charge in [0, 0.05) is 28.5 Å². The summed E-state index contributed by atoms with van der Waals surface area (Å²) in [5.41, 5.74) is 2.53. The number of halogens is 1. The predicted molar refractivity (Wildman–Crippen MR) is 132 cm³/mol. The Labute approximate surface area is 201 Å². The molecule has 0 saturated heterocycles. The maximum Gasteiger partial charge on any atom is 0.237 e. The van der Waals surface area contributed by atoms with Crippen LogP contribution in [0, 0.1) is 11.3 Å². The summed E-state index contributed by atoms with van der Waals surface area (Å²) in [5, 5.41) is 19.0. The van der Waals surface area contributed by atoms with Gasteiger partial charge >= 0.3 is 0 Å². The number of thioether (sulfide) groups is 1. The first-order valence-electron chi connectivity index (χ1n) is 10.3. The van der Waals surface area contributed by atoms with Crippen LogP contribution in [0.25, 0.3) is 17.1 Å². The van der Waals surface area contributed by atoms with Gasteiger partial charge < -0.3 is 4.90 Å². The zero-order chi connectivity index (χ0) is 23.0. The molecule has 0 radical (unpaired) electrons. The Morgan fingerprint density at radius 1 is 0.970 bits per heavy atom. The lowest BCUT2D eigenvalue weighted by Gasteiger charge is -2.21. The van der Waals surface area contributed by atoms with Crippen LogP contribution < -0.4 is 4.90 Å². The first kappa shape index (κ1) is 22.6. The van der Waals surface area contributed by atoms with Crippen molar-refractivity contribution in [3.63, 3.8) is 0 Å². The van der Waals surface area contributed by atoms with Gasteiger partial charge in [-0.15, -0.1) is 10.2 Å². The zero-order valence-electron chi connectivity index (χ0n) is 17.6. The molecule has 1 aromatic heterocycles. The summed E-state index contributed by atoms with van der Waals surface area (Å²) in [4.78, 5) is 14.7. The van der Waals surface area contributed by atoms with Crippen molar-refractivity contribution >= 4 is 35.0 Å². The number of nitriles is 1. The van der Waals surface area contributed by atoms with Gasteiger partial charge in [-0.25, -0.2) is 0 Å². The SMILES string of the molecule is N#CCCN(C(=O)CSc1nnc(-c2ccccc2)n1-c1ccc(Cl)cc1)c1ccccc1. The second kappa shape index (κ2) is 10.8. The van der Waals surface area contributed by atoms with Gasteiger partial charge in [-0.05, 0) is 36.4 Å². The molecule has 0 bridgehead atoms. The lowest BCUT2D eigenvalue weighted by molar-refractivity contribution is -0.116. The molecule has 164 valence electrons. The Hall–Kier alpha value is -3.60. The molecule has 0 fully saturated rings. The van der Waals surface area contributed by atoms with Crippen molar-refractivity contribution < 1.29 is 4.79 Å². The number of carbonyl (C=O) groups excluding carboxylic acids is 1.